The molecule has 29 heavy (non-hydrogen) atoms. The number of fused-ring (bicyclic) bond motifs is 1. The van der Waals surface area contributed by atoms with Crippen LogP contribution in [0.3, 0.4) is 0 Å². The van der Waals surface area contributed by atoms with Gasteiger partial charge in [0.1, 0.15) is 0 Å². The second-order valence-electron chi connectivity index (χ2n) is 9.27. The molecule has 0 aromatic rings. The molecule has 0 amide bonds. The monoisotopic (exact) mass is 402 g/mol. The standard InChI is InChI=1S/C25H38O4/c1-16-7-6-8-17(2)13-14-25(5)20(11-10-18(3)21(27)12-9-16)22(19(4)15-26)23(28)24(25)29/h7,10,13,19-21,26-28H,6,8-9,11-12,14-15H2,1-5H3/b16-7+,17-13-,18-10-/t19-,20-,21+,25+/m1/s1. The van der Waals surface area contributed by atoms with Crippen LogP contribution in [0.1, 0.15) is 73.1 Å². The van der Waals surface area contributed by atoms with E-state index >= 15 is 0 Å². The molecule has 0 unspecified atom stereocenters. The third kappa shape index (κ3) is 5.29. The largest absolute Gasteiger partial charge is 0.504 e. The van der Waals surface area contributed by atoms with E-state index in [1.807, 2.05) is 26.8 Å². The van der Waals surface area contributed by atoms with Gasteiger partial charge in [-0.25, -0.2) is 0 Å². The highest BCUT2D eigenvalue weighted by Crippen LogP contribution is 2.50. The molecular formula is C25H38O4. The van der Waals surface area contributed by atoms with Crippen LogP contribution < -0.4 is 0 Å². The quantitative estimate of drug-likeness (QED) is 0.556. The van der Waals surface area contributed by atoms with Gasteiger partial charge in [-0.3, -0.25) is 4.79 Å². The lowest BCUT2D eigenvalue weighted by Gasteiger charge is -2.32. The minimum atomic E-state index is -0.738. The van der Waals surface area contributed by atoms with Crippen LogP contribution in [-0.2, 0) is 4.79 Å². The second kappa shape index (κ2) is 9.90. The maximum Gasteiger partial charge on any atom is 0.203 e. The van der Waals surface area contributed by atoms with Crippen molar-refractivity contribution in [1.29, 1.82) is 0 Å². The van der Waals surface area contributed by atoms with E-state index in [9.17, 15) is 20.1 Å². The van der Waals surface area contributed by atoms with Crippen molar-refractivity contribution in [2.45, 2.75) is 79.2 Å². The number of rotatable bonds is 2. The molecule has 0 saturated heterocycles. The Morgan fingerprint density at radius 1 is 1.14 bits per heavy atom. The third-order valence-electron chi connectivity index (χ3n) is 6.88. The van der Waals surface area contributed by atoms with E-state index in [0.29, 0.717) is 24.8 Å². The molecule has 2 aliphatic carbocycles. The zero-order valence-corrected chi connectivity index (χ0v) is 18.7. The Labute approximate surface area is 175 Å². The number of carbonyl (C=O) groups is 1. The maximum atomic E-state index is 13.1. The molecule has 0 heterocycles. The second-order valence-corrected chi connectivity index (χ2v) is 9.27. The van der Waals surface area contributed by atoms with Gasteiger partial charge in [-0.1, -0.05) is 43.2 Å². The van der Waals surface area contributed by atoms with Gasteiger partial charge in [0.15, 0.2) is 5.76 Å². The molecule has 3 N–H and O–H groups in total. The third-order valence-corrected chi connectivity index (χ3v) is 6.88. The molecule has 0 bridgehead atoms. The van der Waals surface area contributed by atoms with Crippen LogP contribution in [0.5, 0.6) is 0 Å². The number of hydrogen-bond acceptors (Lipinski definition) is 4. The van der Waals surface area contributed by atoms with Gasteiger partial charge < -0.3 is 15.3 Å². The number of Topliss-reactive ketones (excluding diaryl/α,β-unsaturated/α-hetero) is 1. The highest BCUT2D eigenvalue weighted by Gasteiger charge is 2.51. The van der Waals surface area contributed by atoms with Gasteiger partial charge in [0.25, 0.3) is 0 Å². The molecule has 0 fully saturated rings. The number of carbonyl (C=O) groups excluding carboxylic acids is 1. The number of aliphatic hydroxyl groups is 3. The van der Waals surface area contributed by atoms with Crippen molar-refractivity contribution in [3.8, 4) is 0 Å². The summed E-state index contributed by atoms with van der Waals surface area (Å²) in [6, 6.07) is 0. The first kappa shape index (κ1) is 23.6. The van der Waals surface area contributed by atoms with Crippen molar-refractivity contribution >= 4 is 5.78 Å². The fourth-order valence-corrected chi connectivity index (χ4v) is 4.53. The summed E-state index contributed by atoms with van der Waals surface area (Å²) >= 11 is 0. The van der Waals surface area contributed by atoms with Crippen molar-refractivity contribution in [3.05, 3.63) is 46.3 Å². The van der Waals surface area contributed by atoms with Crippen LogP contribution in [0.2, 0.25) is 0 Å². The van der Waals surface area contributed by atoms with Crippen LogP contribution >= 0.6 is 0 Å². The number of allylic oxidation sites excluding steroid dienone is 6. The first-order valence-electron chi connectivity index (χ1n) is 10.9. The summed E-state index contributed by atoms with van der Waals surface area (Å²) in [7, 11) is 0. The smallest absolute Gasteiger partial charge is 0.203 e. The summed E-state index contributed by atoms with van der Waals surface area (Å²) in [4.78, 5) is 13.1. The summed E-state index contributed by atoms with van der Waals surface area (Å²) in [6.07, 6.45) is 10.4. The highest BCUT2D eigenvalue weighted by atomic mass is 16.3. The Hall–Kier alpha value is -1.65. The van der Waals surface area contributed by atoms with Crippen molar-refractivity contribution in [1.82, 2.24) is 0 Å². The van der Waals surface area contributed by atoms with Gasteiger partial charge in [-0.15, -0.1) is 0 Å². The fraction of sp³-hybridized carbons (Fsp3) is 0.640. The van der Waals surface area contributed by atoms with Crippen molar-refractivity contribution in [2.24, 2.45) is 17.3 Å². The van der Waals surface area contributed by atoms with Crippen LogP contribution in [-0.4, -0.2) is 33.8 Å². The van der Waals surface area contributed by atoms with Gasteiger partial charge in [-0.2, -0.15) is 0 Å². The van der Waals surface area contributed by atoms with Crippen molar-refractivity contribution in [2.75, 3.05) is 6.61 Å². The predicted octanol–water partition coefficient (Wildman–Crippen LogP) is 5.19. The van der Waals surface area contributed by atoms with Gasteiger partial charge in [-0.05, 0) is 70.4 Å². The summed E-state index contributed by atoms with van der Waals surface area (Å²) in [5.41, 5.74) is 3.36. The number of hydrogen-bond donors (Lipinski definition) is 3. The summed E-state index contributed by atoms with van der Waals surface area (Å²) in [5, 5.41) is 30.9. The zero-order chi connectivity index (χ0) is 21.8. The maximum absolute atomic E-state index is 13.1. The van der Waals surface area contributed by atoms with Gasteiger partial charge in [0, 0.05) is 23.9 Å². The van der Waals surface area contributed by atoms with Crippen molar-refractivity contribution in [3.63, 3.8) is 0 Å². The van der Waals surface area contributed by atoms with Crippen LogP contribution in [0.4, 0.5) is 0 Å². The van der Waals surface area contributed by atoms with E-state index in [1.54, 1.807) is 0 Å². The molecule has 4 atom stereocenters. The van der Waals surface area contributed by atoms with Crippen molar-refractivity contribution < 1.29 is 20.1 Å². The number of aliphatic hydroxyl groups excluding tert-OH is 3. The molecule has 0 spiro atoms. The van der Waals surface area contributed by atoms with Gasteiger partial charge in [0.05, 0.1) is 6.10 Å². The topological polar surface area (TPSA) is 77.8 Å². The first-order chi connectivity index (χ1) is 13.6. The lowest BCUT2D eigenvalue weighted by atomic mass is 9.70. The molecule has 0 aromatic carbocycles. The zero-order valence-electron chi connectivity index (χ0n) is 18.7. The first-order valence-corrected chi connectivity index (χ1v) is 10.9. The molecule has 0 aromatic heterocycles. The Morgan fingerprint density at radius 3 is 2.45 bits per heavy atom. The fourth-order valence-electron chi connectivity index (χ4n) is 4.53. The van der Waals surface area contributed by atoms with E-state index in [0.717, 1.165) is 24.8 Å². The van der Waals surface area contributed by atoms with Crippen LogP contribution in [0.25, 0.3) is 0 Å². The molecule has 2 aliphatic rings. The number of ketones is 1. The Bertz CT molecular complexity index is 740. The molecule has 162 valence electrons. The average molecular weight is 403 g/mol. The summed E-state index contributed by atoms with van der Waals surface area (Å²) < 4.78 is 0. The van der Waals surface area contributed by atoms with Gasteiger partial charge in [0.2, 0.25) is 5.78 Å². The molecule has 0 radical (unpaired) electrons. The minimum absolute atomic E-state index is 0.107. The minimum Gasteiger partial charge on any atom is -0.504 e. The Kier molecular flexibility index (Phi) is 8.07. The molecule has 4 heteroatoms. The molecule has 0 aliphatic heterocycles. The Morgan fingerprint density at radius 2 is 1.79 bits per heavy atom. The van der Waals surface area contributed by atoms with E-state index in [4.69, 9.17) is 0 Å². The lowest BCUT2D eigenvalue weighted by Crippen LogP contribution is -2.32. The predicted molar refractivity (Wildman–Crippen MR) is 117 cm³/mol. The van der Waals surface area contributed by atoms with Crippen LogP contribution in [0.15, 0.2) is 46.3 Å². The van der Waals surface area contributed by atoms with E-state index < -0.39 is 11.5 Å². The SMILES string of the molecule is C/C1=C/C[C@]2(C)C(=O)C(O)=C([C@H](C)CO)[C@H]2C/C=C(/C)[C@@H](O)CC/C(C)=C/CC1. The molecule has 2 rings (SSSR count). The van der Waals surface area contributed by atoms with Crippen LogP contribution in [0, 0.1) is 17.3 Å². The van der Waals surface area contributed by atoms with Gasteiger partial charge >= 0.3 is 0 Å². The molecule has 0 saturated carbocycles. The average Bonchev–Trinajstić information content (AvgIpc) is 2.88. The summed E-state index contributed by atoms with van der Waals surface area (Å²) in [5.74, 6) is -0.860. The highest BCUT2D eigenvalue weighted by molar-refractivity contribution is 6.02. The molecular weight excluding hydrogens is 364 g/mol. The van der Waals surface area contributed by atoms with E-state index in [-0.39, 0.29) is 30.0 Å². The van der Waals surface area contributed by atoms with E-state index in [1.165, 1.54) is 11.1 Å². The molecule has 4 nitrogen and oxygen atoms in total. The lowest BCUT2D eigenvalue weighted by molar-refractivity contribution is -0.126. The normalized spacial score (nSPS) is 36.7. The Balaban J connectivity index is 2.46. The summed E-state index contributed by atoms with van der Waals surface area (Å²) in [6.45, 7) is 9.81. The van der Waals surface area contributed by atoms with E-state index in [2.05, 4.69) is 26.0 Å².